The molecule has 0 saturated heterocycles. The van der Waals surface area contributed by atoms with Gasteiger partial charge in [0, 0.05) is 21.9 Å². The van der Waals surface area contributed by atoms with E-state index in [1.165, 1.54) is 0 Å². The summed E-state index contributed by atoms with van der Waals surface area (Å²) in [5.74, 6) is 5.66. The Morgan fingerprint density at radius 3 is 2.95 bits per heavy atom. The lowest BCUT2D eigenvalue weighted by atomic mass is 10.1. The van der Waals surface area contributed by atoms with Crippen LogP contribution in [-0.2, 0) is 11.2 Å². The molecule has 0 aliphatic rings. The van der Waals surface area contributed by atoms with Gasteiger partial charge in [0.1, 0.15) is 0 Å². The highest BCUT2D eigenvalue weighted by Crippen LogP contribution is 2.21. The molecule has 1 amide bonds. The zero-order chi connectivity index (χ0) is 15.1. The average molecular weight is 320 g/mol. The van der Waals surface area contributed by atoms with E-state index < -0.39 is 0 Å². The van der Waals surface area contributed by atoms with Gasteiger partial charge in [-0.25, -0.2) is 0 Å². The van der Waals surface area contributed by atoms with Crippen LogP contribution in [-0.4, -0.2) is 17.6 Å². The molecular formula is C16H14ClNO2S. The van der Waals surface area contributed by atoms with Gasteiger partial charge in [0.2, 0.25) is 5.91 Å². The van der Waals surface area contributed by atoms with Crippen LogP contribution < -0.4 is 5.32 Å². The van der Waals surface area contributed by atoms with Crippen molar-refractivity contribution >= 4 is 34.5 Å². The third-order valence-corrected chi connectivity index (χ3v) is 3.74. The molecule has 1 aromatic heterocycles. The van der Waals surface area contributed by atoms with Gasteiger partial charge in [-0.2, -0.15) is 0 Å². The van der Waals surface area contributed by atoms with E-state index in [1.807, 2.05) is 17.5 Å². The Hall–Kier alpha value is -1.80. The molecule has 5 heteroatoms. The monoisotopic (exact) mass is 319 g/mol. The maximum Gasteiger partial charge on any atom is 0.229 e. The Balaban J connectivity index is 2.12. The normalized spacial score (nSPS) is 9.81. The highest BCUT2D eigenvalue weighted by atomic mass is 35.5. The molecule has 2 aromatic rings. The van der Waals surface area contributed by atoms with Crippen LogP contribution in [0.5, 0.6) is 0 Å². The van der Waals surface area contributed by atoms with E-state index in [2.05, 4.69) is 17.2 Å². The molecule has 0 fully saturated rings. The second-order valence-corrected chi connectivity index (χ2v) is 5.74. The van der Waals surface area contributed by atoms with E-state index in [0.29, 0.717) is 29.1 Å². The summed E-state index contributed by atoms with van der Waals surface area (Å²) < 4.78 is 0. The number of halogens is 1. The maximum atomic E-state index is 12.0. The van der Waals surface area contributed by atoms with Gasteiger partial charge in [-0.15, -0.1) is 11.3 Å². The van der Waals surface area contributed by atoms with Gasteiger partial charge in [-0.1, -0.05) is 29.5 Å². The number of carbonyl (C=O) groups is 1. The highest BCUT2D eigenvalue weighted by Gasteiger charge is 2.08. The molecular weight excluding hydrogens is 306 g/mol. The molecule has 0 bridgehead atoms. The minimum Gasteiger partial charge on any atom is -0.395 e. The predicted molar refractivity (Wildman–Crippen MR) is 86.7 cm³/mol. The summed E-state index contributed by atoms with van der Waals surface area (Å²) in [5, 5.41) is 14.1. The van der Waals surface area contributed by atoms with Crippen LogP contribution in [0, 0.1) is 11.8 Å². The van der Waals surface area contributed by atoms with E-state index in [9.17, 15) is 4.79 Å². The first kappa shape index (κ1) is 15.6. The van der Waals surface area contributed by atoms with Crippen LogP contribution in [0.1, 0.15) is 16.9 Å². The van der Waals surface area contributed by atoms with Gasteiger partial charge in [0.05, 0.1) is 18.7 Å². The zero-order valence-electron chi connectivity index (χ0n) is 11.2. The third kappa shape index (κ3) is 4.91. The molecule has 0 spiro atoms. The molecule has 108 valence electrons. The molecule has 0 atom stereocenters. The summed E-state index contributed by atoms with van der Waals surface area (Å²) in [6.07, 6.45) is 0.721. The van der Waals surface area contributed by atoms with E-state index in [0.717, 1.165) is 4.88 Å². The lowest BCUT2D eigenvalue weighted by molar-refractivity contribution is -0.115. The molecule has 1 heterocycles. The molecule has 2 N–H and O–H groups in total. The smallest absolute Gasteiger partial charge is 0.229 e. The van der Waals surface area contributed by atoms with Crippen molar-refractivity contribution in [3.63, 3.8) is 0 Å². The first-order valence-corrected chi connectivity index (χ1v) is 7.66. The Bertz CT molecular complexity index is 671. The standard InChI is InChI=1S/C16H14ClNO2S/c17-13-7-6-12(4-1-2-8-19)15(10-13)18-16(20)11-14-5-3-9-21-14/h3,5-7,9-10,19H,2,8,11H2,(H,18,20). The van der Waals surface area contributed by atoms with Crippen LogP contribution in [0.4, 0.5) is 5.69 Å². The SMILES string of the molecule is O=C(Cc1cccs1)Nc1cc(Cl)ccc1C#CCCO. The second-order valence-electron chi connectivity index (χ2n) is 4.27. The second kappa shape index (κ2) is 7.84. The molecule has 0 saturated carbocycles. The molecule has 0 aliphatic carbocycles. The van der Waals surface area contributed by atoms with E-state index in [-0.39, 0.29) is 12.5 Å². The van der Waals surface area contributed by atoms with Gasteiger partial charge < -0.3 is 10.4 Å². The molecule has 1 aromatic carbocycles. The minimum atomic E-state index is -0.107. The summed E-state index contributed by atoms with van der Waals surface area (Å²) in [6.45, 7) is 0.0145. The summed E-state index contributed by atoms with van der Waals surface area (Å²) in [4.78, 5) is 13.0. The summed E-state index contributed by atoms with van der Waals surface area (Å²) in [7, 11) is 0. The predicted octanol–water partition coefficient (Wildman–Crippen LogP) is 3.32. The van der Waals surface area contributed by atoms with Crippen LogP contribution in [0.3, 0.4) is 0 Å². The molecule has 2 rings (SSSR count). The number of thiophene rings is 1. The Labute approximate surface area is 132 Å². The van der Waals surface area contributed by atoms with Crippen LogP contribution in [0.2, 0.25) is 5.02 Å². The van der Waals surface area contributed by atoms with E-state index in [4.69, 9.17) is 16.7 Å². The molecule has 0 aliphatic heterocycles. The summed E-state index contributed by atoms with van der Waals surface area (Å²) in [5.41, 5.74) is 1.28. The number of nitrogens with one attached hydrogen (secondary N) is 1. The van der Waals surface area contributed by atoms with Crippen molar-refractivity contribution in [2.24, 2.45) is 0 Å². The van der Waals surface area contributed by atoms with Crippen molar-refractivity contribution in [1.29, 1.82) is 0 Å². The summed E-state index contributed by atoms with van der Waals surface area (Å²) >= 11 is 7.51. The van der Waals surface area contributed by atoms with Crippen molar-refractivity contribution in [3.8, 4) is 11.8 Å². The number of amides is 1. The fourth-order valence-electron chi connectivity index (χ4n) is 1.71. The summed E-state index contributed by atoms with van der Waals surface area (Å²) in [6, 6.07) is 8.99. The number of hydrogen-bond acceptors (Lipinski definition) is 3. The molecule has 21 heavy (non-hydrogen) atoms. The van der Waals surface area contributed by atoms with Gasteiger partial charge in [0.15, 0.2) is 0 Å². The van der Waals surface area contributed by atoms with Crippen LogP contribution in [0.15, 0.2) is 35.7 Å². The Kier molecular flexibility index (Phi) is 5.82. The Morgan fingerprint density at radius 2 is 2.24 bits per heavy atom. The van der Waals surface area contributed by atoms with E-state index in [1.54, 1.807) is 29.5 Å². The lowest BCUT2D eigenvalue weighted by Crippen LogP contribution is -2.14. The Morgan fingerprint density at radius 1 is 1.38 bits per heavy atom. The van der Waals surface area contributed by atoms with Gasteiger partial charge >= 0.3 is 0 Å². The van der Waals surface area contributed by atoms with E-state index >= 15 is 0 Å². The zero-order valence-corrected chi connectivity index (χ0v) is 12.8. The van der Waals surface area contributed by atoms with Gasteiger partial charge in [-0.05, 0) is 29.6 Å². The fourth-order valence-corrected chi connectivity index (χ4v) is 2.58. The topological polar surface area (TPSA) is 49.3 Å². The first-order valence-electron chi connectivity index (χ1n) is 6.40. The van der Waals surface area contributed by atoms with Gasteiger partial charge in [-0.3, -0.25) is 4.79 Å². The number of aliphatic hydroxyl groups is 1. The molecule has 3 nitrogen and oxygen atoms in total. The number of benzene rings is 1. The number of carbonyl (C=O) groups excluding carboxylic acids is 1. The average Bonchev–Trinajstić information content (AvgIpc) is 2.94. The molecule has 0 unspecified atom stereocenters. The van der Waals surface area contributed by atoms with Crippen LogP contribution >= 0.6 is 22.9 Å². The first-order chi connectivity index (χ1) is 10.2. The van der Waals surface area contributed by atoms with Crippen LogP contribution in [0.25, 0.3) is 0 Å². The minimum absolute atomic E-state index is 0.0145. The third-order valence-electron chi connectivity index (χ3n) is 2.63. The van der Waals surface area contributed by atoms with Crippen molar-refractivity contribution in [2.75, 3.05) is 11.9 Å². The highest BCUT2D eigenvalue weighted by molar-refractivity contribution is 7.10. The fraction of sp³-hybridized carbons (Fsp3) is 0.188. The largest absolute Gasteiger partial charge is 0.395 e. The molecule has 0 radical (unpaired) electrons. The quantitative estimate of drug-likeness (QED) is 0.849. The van der Waals surface area contributed by atoms with Gasteiger partial charge in [0.25, 0.3) is 0 Å². The lowest BCUT2D eigenvalue weighted by Gasteiger charge is -2.07. The number of aliphatic hydroxyl groups excluding tert-OH is 1. The van der Waals surface area contributed by atoms with Crippen molar-refractivity contribution in [1.82, 2.24) is 0 Å². The maximum absolute atomic E-state index is 12.0. The van der Waals surface area contributed by atoms with Crippen molar-refractivity contribution in [2.45, 2.75) is 12.8 Å². The number of anilines is 1. The number of rotatable bonds is 4. The number of hydrogen-bond donors (Lipinski definition) is 2. The van der Waals surface area contributed by atoms with Crippen molar-refractivity contribution in [3.05, 3.63) is 51.2 Å². The van der Waals surface area contributed by atoms with Crippen molar-refractivity contribution < 1.29 is 9.90 Å².